The fourth-order valence-corrected chi connectivity index (χ4v) is 2.52. The largest absolute Gasteiger partial charge is 0.496 e. The van der Waals surface area contributed by atoms with Gasteiger partial charge in [-0.2, -0.15) is 0 Å². The third kappa shape index (κ3) is 3.16. The highest BCUT2D eigenvalue weighted by Crippen LogP contribution is 2.38. The highest BCUT2D eigenvalue weighted by atomic mass is 16.5. The number of hydrogen-bond acceptors (Lipinski definition) is 3. The van der Waals surface area contributed by atoms with E-state index in [0.717, 1.165) is 17.1 Å². The summed E-state index contributed by atoms with van der Waals surface area (Å²) >= 11 is 0. The first kappa shape index (κ1) is 14.8. The molecule has 1 aromatic carbocycles. The van der Waals surface area contributed by atoms with Crippen molar-refractivity contribution in [2.75, 3.05) is 21.3 Å². The summed E-state index contributed by atoms with van der Waals surface area (Å²) in [6.45, 7) is 4.47. The monoisotopic (exact) mass is 251 g/mol. The molecule has 0 aliphatic carbocycles. The first-order valence-corrected chi connectivity index (χ1v) is 6.57. The third-order valence-electron chi connectivity index (χ3n) is 3.40. The maximum atomic E-state index is 5.48. The molecule has 0 amide bonds. The van der Waals surface area contributed by atoms with Crippen LogP contribution in [0.25, 0.3) is 0 Å². The maximum absolute atomic E-state index is 5.48. The molecule has 0 spiro atoms. The van der Waals surface area contributed by atoms with Crippen LogP contribution < -0.4 is 14.8 Å². The third-order valence-corrected chi connectivity index (χ3v) is 3.40. The Labute approximate surface area is 110 Å². The number of ether oxygens (including phenoxy) is 2. The molecule has 0 aliphatic rings. The Morgan fingerprint density at radius 2 is 1.72 bits per heavy atom. The zero-order chi connectivity index (χ0) is 13.5. The fraction of sp³-hybridized carbons (Fsp3) is 0.600. The number of rotatable bonds is 7. The molecule has 1 rings (SSSR count). The Bertz CT molecular complexity index is 343. The van der Waals surface area contributed by atoms with E-state index in [4.69, 9.17) is 9.47 Å². The van der Waals surface area contributed by atoms with Crippen molar-refractivity contribution in [1.82, 2.24) is 5.32 Å². The molecule has 0 aliphatic heterocycles. The molecule has 3 heteroatoms. The van der Waals surface area contributed by atoms with Crippen molar-refractivity contribution in [3.05, 3.63) is 23.8 Å². The zero-order valence-electron chi connectivity index (χ0n) is 12.1. The summed E-state index contributed by atoms with van der Waals surface area (Å²) in [6.07, 6.45) is 2.35. The number of methoxy groups -OCH3 is 2. The molecule has 0 saturated heterocycles. The topological polar surface area (TPSA) is 30.5 Å². The molecular formula is C15H25NO2. The minimum atomic E-state index is 0.246. The van der Waals surface area contributed by atoms with Crippen LogP contribution in [0.4, 0.5) is 0 Å². The molecule has 0 aromatic heterocycles. The van der Waals surface area contributed by atoms with Gasteiger partial charge in [0.2, 0.25) is 0 Å². The predicted octanol–water partition coefficient (Wildman–Crippen LogP) is 3.40. The van der Waals surface area contributed by atoms with Crippen LogP contribution >= 0.6 is 0 Å². The van der Waals surface area contributed by atoms with Gasteiger partial charge in [0.1, 0.15) is 11.5 Å². The van der Waals surface area contributed by atoms with E-state index in [2.05, 4.69) is 19.2 Å². The SMILES string of the molecule is CCCC(C)C(NC)c1c(OC)cccc1OC. The second kappa shape index (κ2) is 7.27. The lowest BCUT2D eigenvalue weighted by Crippen LogP contribution is -2.24. The van der Waals surface area contributed by atoms with Gasteiger partial charge in [0.25, 0.3) is 0 Å². The van der Waals surface area contributed by atoms with Crippen molar-refractivity contribution in [3.8, 4) is 11.5 Å². The quantitative estimate of drug-likeness (QED) is 0.805. The van der Waals surface area contributed by atoms with Gasteiger partial charge >= 0.3 is 0 Å². The number of hydrogen-bond donors (Lipinski definition) is 1. The molecule has 0 heterocycles. The van der Waals surface area contributed by atoms with Gasteiger partial charge in [-0.15, -0.1) is 0 Å². The van der Waals surface area contributed by atoms with E-state index >= 15 is 0 Å². The average molecular weight is 251 g/mol. The van der Waals surface area contributed by atoms with Gasteiger partial charge in [-0.25, -0.2) is 0 Å². The smallest absolute Gasteiger partial charge is 0.127 e. The van der Waals surface area contributed by atoms with Crippen LogP contribution in [0.1, 0.15) is 38.3 Å². The lowest BCUT2D eigenvalue weighted by atomic mass is 9.90. The average Bonchev–Trinajstić information content (AvgIpc) is 2.40. The van der Waals surface area contributed by atoms with E-state index < -0.39 is 0 Å². The van der Waals surface area contributed by atoms with Crippen LogP contribution in [0.2, 0.25) is 0 Å². The second-order valence-electron chi connectivity index (χ2n) is 4.61. The second-order valence-corrected chi connectivity index (χ2v) is 4.61. The molecule has 1 aromatic rings. The molecule has 0 fully saturated rings. The minimum Gasteiger partial charge on any atom is -0.496 e. The summed E-state index contributed by atoms with van der Waals surface area (Å²) in [6, 6.07) is 6.18. The Kier molecular flexibility index (Phi) is 5.99. The van der Waals surface area contributed by atoms with Crippen LogP contribution in [-0.4, -0.2) is 21.3 Å². The van der Waals surface area contributed by atoms with Crippen molar-refractivity contribution in [2.24, 2.45) is 5.92 Å². The van der Waals surface area contributed by atoms with Crippen LogP contribution in [0.15, 0.2) is 18.2 Å². The minimum absolute atomic E-state index is 0.246. The molecule has 1 N–H and O–H groups in total. The molecule has 3 nitrogen and oxygen atoms in total. The van der Waals surface area contributed by atoms with Crippen molar-refractivity contribution in [3.63, 3.8) is 0 Å². The Morgan fingerprint density at radius 3 is 2.11 bits per heavy atom. The first-order chi connectivity index (χ1) is 8.69. The van der Waals surface area contributed by atoms with Gasteiger partial charge in [-0.05, 0) is 31.5 Å². The van der Waals surface area contributed by atoms with Crippen molar-refractivity contribution < 1.29 is 9.47 Å². The van der Waals surface area contributed by atoms with E-state index in [1.807, 2.05) is 25.2 Å². The van der Waals surface area contributed by atoms with Crippen LogP contribution in [0, 0.1) is 5.92 Å². The van der Waals surface area contributed by atoms with Crippen molar-refractivity contribution in [1.29, 1.82) is 0 Å². The summed E-state index contributed by atoms with van der Waals surface area (Å²) in [7, 11) is 5.40. The highest BCUT2D eigenvalue weighted by Gasteiger charge is 2.24. The van der Waals surface area contributed by atoms with E-state index in [0.29, 0.717) is 5.92 Å². The van der Waals surface area contributed by atoms with Gasteiger partial charge in [0, 0.05) is 6.04 Å². The molecular weight excluding hydrogens is 226 g/mol. The van der Waals surface area contributed by atoms with Gasteiger partial charge in [0.15, 0.2) is 0 Å². The summed E-state index contributed by atoms with van der Waals surface area (Å²) in [5, 5.41) is 3.39. The molecule has 18 heavy (non-hydrogen) atoms. The van der Waals surface area contributed by atoms with E-state index in [9.17, 15) is 0 Å². The standard InChI is InChI=1S/C15H25NO2/c1-6-8-11(2)15(16-3)14-12(17-4)9-7-10-13(14)18-5/h7,9-11,15-16H,6,8H2,1-5H3. The fourth-order valence-electron chi connectivity index (χ4n) is 2.52. The number of benzene rings is 1. The lowest BCUT2D eigenvalue weighted by molar-refractivity contribution is 0.334. The van der Waals surface area contributed by atoms with E-state index in [-0.39, 0.29) is 6.04 Å². The Balaban J connectivity index is 3.17. The van der Waals surface area contributed by atoms with Gasteiger partial charge in [0.05, 0.1) is 19.8 Å². The zero-order valence-corrected chi connectivity index (χ0v) is 12.1. The molecule has 0 saturated carbocycles. The van der Waals surface area contributed by atoms with E-state index in [1.54, 1.807) is 14.2 Å². The summed E-state index contributed by atoms with van der Waals surface area (Å²) in [5.74, 6) is 2.30. The van der Waals surface area contributed by atoms with Gasteiger partial charge in [-0.3, -0.25) is 0 Å². The molecule has 2 unspecified atom stereocenters. The summed E-state index contributed by atoms with van der Waals surface area (Å²) in [4.78, 5) is 0. The summed E-state index contributed by atoms with van der Waals surface area (Å²) in [5.41, 5.74) is 1.12. The van der Waals surface area contributed by atoms with Crippen molar-refractivity contribution in [2.45, 2.75) is 32.7 Å². The van der Waals surface area contributed by atoms with Crippen LogP contribution in [0.3, 0.4) is 0 Å². The molecule has 0 radical (unpaired) electrons. The summed E-state index contributed by atoms with van der Waals surface area (Å²) < 4.78 is 11.0. The van der Waals surface area contributed by atoms with Crippen molar-refractivity contribution >= 4 is 0 Å². The normalized spacial score (nSPS) is 14.1. The van der Waals surface area contributed by atoms with Gasteiger partial charge < -0.3 is 14.8 Å². The number of nitrogens with one attached hydrogen (secondary N) is 1. The predicted molar refractivity (Wildman–Crippen MR) is 75.4 cm³/mol. The first-order valence-electron chi connectivity index (χ1n) is 6.57. The Morgan fingerprint density at radius 1 is 1.17 bits per heavy atom. The Hall–Kier alpha value is -1.22. The lowest BCUT2D eigenvalue weighted by Gasteiger charge is -2.27. The van der Waals surface area contributed by atoms with Crippen LogP contribution in [-0.2, 0) is 0 Å². The molecule has 102 valence electrons. The van der Waals surface area contributed by atoms with Crippen LogP contribution in [0.5, 0.6) is 11.5 Å². The van der Waals surface area contributed by atoms with Gasteiger partial charge in [-0.1, -0.05) is 26.3 Å². The highest BCUT2D eigenvalue weighted by molar-refractivity contribution is 5.47. The molecule has 0 bridgehead atoms. The maximum Gasteiger partial charge on any atom is 0.127 e. The van der Waals surface area contributed by atoms with E-state index in [1.165, 1.54) is 12.8 Å². The molecule has 2 atom stereocenters.